The minimum atomic E-state index is -0.308. The lowest BCUT2D eigenvalue weighted by Crippen LogP contribution is -2.43. The lowest BCUT2D eigenvalue weighted by molar-refractivity contribution is -0.147. The largest absolute Gasteiger partial charge is 0.469 e. The van der Waals surface area contributed by atoms with E-state index in [1.807, 2.05) is 18.0 Å². The molecule has 76 valence electrons. The van der Waals surface area contributed by atoms with E-state index in [4.69, 9.17) is 4.74 Å². The molecule has 0 aromatic heterocycles. The van der Waals surface area contributed by atoms with E-state index in [-0.39, 0.29) is 29.8 Å². The number of fused-ring (bicyclic) bond motifs is 2. The Hall–Kier alpha value is -1.16. The second-order valence-electron chi connectivity index (χ2n) is 3.80. The van der Waals surface area contributed by atoms with Crippen molar-refractivity contribution < 1.29 is 14.3 Å². The maximum atomic E-state index is 11.6. The third-order valence-electron chi connectivity index (χ3n) is 3.12. The van der Waals surface area contributed by atoms with Crippen LogP contribution in [-0.4, -0.2) is 42.9 Å². The Morgan fingerprint density at radius 1 is 1.64 bits per heavy atom. The van der Waals surface area contributed by atoms with Gasteiger partial charge in [-0.15, -0.1) is 0 Å². The van der Waals surface area contributed by atoms with Gasteiger partial charge in [-0.1, -0.05) is 6.08 Å². The van der Waals surface area contributed by atoms with Crippen molar-refractivity contribution in [3.05, 3.63) is 12.2 Å². The lowest BCUT2D eigenvalue weighted by atomic mass is 9.98. The minimum absolute atomic E-state index is 0.0108. The topological polar surface area (TPSA) is 46.6 Å². The summed E-state index contributed by atoms with van der Waals surface area (Å²) in [7, 11) is 3.24. The van der Waals surface area contributed by atoms with E-state index in [9.17, 15) is 9.59 Å². The van der Waals surface area contributed by atoms with Crippen molar-refractivity contribution in [3.8, 4) is 0 Å². The summed E-state index contributed by atoms with van der Waals surface area (Å²) < 4.78 is 4.69. The number of ether oxygens (including phenoxy) is 1. The summed E-state index contributed by atoms with van der Waals surface area (Å²) in [6.07, 6.45) is 4.14. The Kier molecular flexibility index (Phi) is 2.15. The van der Waals surface area contributed by atoms with Crippen LogP contribution in [0.2, 0.25) is 0 Å². The summed E-state index contributed by atoms with van der Waals surface area (Å²) in [6, 6.07) is -0.0979. The average Bonchev–Trinajstić information content (AvgIpc) is 2.39. The number of carbonyl (C=O) groups excluding carboxylic acids is 2. The van der Waals surface area contributed by atoms with Crippen molar-refractivity contribution in [2.75, 3.05) is 14.2 Å². The number of methoxy groups -OCH3 is 1. The van der Waals surface area contributed by atoms with Crippen molar-refractivity contribution in [3.63, 3.8) is 0 Å². The summed E-state index contributed by atoms with van der Waals surface area (Å²) in [6.45, 7) is 0. The van der Waals surface area contributed by atoms with Crippen molar-refractivity contribution in [2.45, 2.75) is 18.5 Å². The first-order chi connectivity index (χ1) is 6.65. The van der Waals surface area contributed by atoms with Gasteiger partial charge in [-0.25, -0.2) is 0 Å². The highest BCUT2D eigenvalue weighted by Gasteiger charge is 2.47. The first-order valence-electron chi connectivity index (χ1n) is 4.67. The molecule has 0 N–H and O–H groups in total. The van der Waals surface area contributed by atoms with Gasteiger partial charge in [0.1, 0.15) is 0 Å². The lowest BCUT2D eigenvalue weighted by Gasteiger charge is -2.26. The van der Waals surface area contributed by atoms with Crippen molar-refractivity contribution in [1.82, 2.24) is 4.90 Å². The molecule has 0 unspecified atom stereocenters. The molecule has 2 bridgehead atoms. The van der Waals surface area contributed by atoms with Gasteiger partial charge in [0.15, 0.2) is 5.78 Å². The van der Waals surface area contributed by atoms with E-state index < -0.39 is 0 Å². The third kappa shape index (κ3) is 1.18. The van der Waals surface area contributed by atoms with E-state index in [0.717, 1.165) is 0 Å². The predicted octanol–water partition coefficient (Wildman–Crippen LogP) is -0.0128. The molecule has 2 aliphatic heterocycles. The molecule has 1 fully saturated rings. The van der Waals surface area contributed by atoms with E-state index >= 15 is 0 Å². The van der Waals surface area contributed by atoms with Crippen LogP contribution in [0.1, 0.15) is 6.42 Å². The third-order valence-corrected chi connectivity index (χ3v) is 3.12. The van der Waals surface area contributed by atoms with Gasteiger partial charge in [0.05, 0.1) is 19.1 Å². The van der Waals surface area contributed by atoms with E-state index in [1.165, 1.54) is 7.11 Å². The van der Waals surface area contributed by atoms with Crippen LogP contribution in [0.5, 0.6) is 0 Å². The number of ketones is 1. The first-order valence-corrected chi connectivity index (χ1v) is 4.67. The Balaban J connectivity index is 2.27. The van der Waals surface area contributed by atoms with Crippen molar-refractivity contribution in [2.24, 2.45) is 5.92 Å². The molecule has 14 heavy (non-hydrogen) atoms. The fourth-order valence-corrected chi connectivity index (χ4v) is 2.34. The van der Waals surface area contributed by atoms with Crippen LogP contribution in [0.25, 0.3) is 0 Å². The second-order valence-corrected chi connectivity index (χ2v) is 3.80. The van der Waals surface area contributed by atoms with Gasteiger partial charge in [0.2, 0.25) is 0 Å². The molecular formula is C10H13NO3. The van der Waals surface area contributed by atoms with Crippen LogP contribution >= 0.6 is 0 Å². The molecule has 2 heterocycles. The van der Waals surface area contributed by atoms with Crippen LogP contribution in [0.4, 0.5) is 0 Å². The van der Waals surface area contributed by atoms with Crippen LogP contribution in [-0.2, 0) is 14.3 Å². The van der Waals surface area contributed by atoms with Crippen LogP contribution < -0.4 is 0 Å². The number of hydrogen-bond acceptors (Lipinski definition) is 4. The molecule has 0 amide bonds. The Morgan fingerprint density at radius 3 is 3.00 bits per heavy atom. The summed E-state index contributed by atoms with van der Waals surface area (Å²) in [5.74, 6) is -0.560. The molecule has 0 aromatic carbocycles. The van der Waals surface area contributed by atoms with Gasteiger partial charge in [-0.05, 0) is 19.5 Å². The molecule has 2 aliphatic rings. The standard InChI is InChI=1S/C10H13NO3/c1-11-6-3-4-8(12)9(11)7(5-6)10(13)14-2/h3-4,6-7,9H,5H2,1-2H3/t6-,7+,9-/m0/s1. The van der Waals surface area contributed by atoms with Gasteiger partial charge in [-0.3, -0.25) is 14.5 Å². The molecular weight excluding hydrogens is 182 g/mol. The van der Waals surface area contributed by atoms with Crippen LogP contribution in [0, 0.1) is 5.92 Å². The van der Waals surface area contributed by atoms with E-state index in [2.05, 4.69) is 0 Å². The summed E-state index contributed by atoms with van der Waals surface area (Å²) in [5.41, 5.74) is 0. The van der Waals surface area contributed by atoms with Crippen LogP contribution in [0.15, 0.2) is 12.2 Å². The number of carbonyl (C=O) groups is 2. The number of likely N-dealkylation sites (N-methyl/N-ethyl adjacent to an activating group) is 1. The predicted molar refractivity (Wildman–Crippen MR) is 49.6 cm³/mol. The summed E-state index contributed by atoms with van der Waals surface area (Å²) in [5, 5.41) is 0. The molecule has 3 atom stereocenters. The molecule has 0 aromatic rings. The van der Waals surface area contributed by atoms with Crippen LogP contribution in [0.3, 0.4) is 0 Å². The first kappa shape index (κ1) is 9.40. The number of esters is 1. The quantitative estimate of drug-likeness (QED) is 0.552. The average molecular weight is 195 g/mol. The zero-order valence-electron chi connectivity index (χ0n) is 8.27. The van der Waals surface area contributed by atoms with Gasteiger partial charge in [0.25, 0.3) is 0 Å². The molecule has 4 nitrogen and oxygen atoms in total. The maximum absolute atomic E-state index is 11.6. The molecule has 2 rings (SSSR count). The molecule has 0 saturated carbocycles. The number of hydrogen-bond donors (Lipinski definition) is 0. The summed E-state index contributed by atoms with van der Waals surface area (Å²) >= 11 is 0. The van der Waals surface area contributed by atoms with Crippen molar-refractivity contribution in [1.29, 1.82) is 0 Å². The fraction of sp³-hybridized carbons (Fsp3) is 0.600. The fourth-order valence-electron chi connectivity index (χ4n) is 2.34. The second kappa shape index (κ2) is 3.20. The van der Waals surface area contributed by atoms with E-state index in [1.54, 1.807) is 6.08 Å². The Morgan fingerprint density at radius 2 is 2.36 bits per heavy atom. The highest BCUT2D eigenvalue weighted by atomic mass is 16.5. The van der Waals surface area contributed by atoms with E-state index in [0.29, 0.717) is 6.42 Å². The van der Waals surface area contributed by atoms with Gasteiger partial charge < -0.3 is 4.74 Å². The molecule has 1 saturated heterocycles. The zero-order valence-corrected chi connectivity index (χ0v) is 8.27. The molecule has 0 spiro atoms. The Bertz CT molecular complexity index is 310. The van der Waals surface area contributed by atoms with Gasteiger partial charge in [0, 0.05) is 6.04 Å². The molecule has 4 heteroatoms. The number of nitrogens with zero attached hydrogens (tertiary/aromatic N) is 1. The molecule has 0 radical (unpaired) electrons. The van der Waals surface area contributed by atoms with Gasteiger partial charge in [-0.2, -0.15) is 0 Å². The SMILES string of the molecule is COC(=O)[C@@H]1C[C@@H]2C=CC(=O)[C@H]1N2C. The van der Waals surface area contributed by atoms with Gasteiger partial charge >= 0.3 is 5.97 Å². The smallest absolute Gasteiger partial charge is 0.310 e. The normalized spacial score (nSPS) is 36.1. The van der Waals surface area contributed by atoms with Crippen molar-refractivity contribution >= 4 is 11.8 Å². The molecule has 0 aliphatic carbocycles. The highest BCUT2D eigenvalue weighted by molar-refractivity contribution is 5.99. The monoisotopic (exact) mass is 195 g/mol. The summed E-state index contributed by atoms with van der Waals surface area (Å²) in [4.78, 5) is 24.9. The highest BCUT2D eigenvalue weighted by Crippen LogP contribution is 2.33. The maximum Gasteiger partial charge on any atom is 0.310 e. The Labute approximate surface area is 82.5 Å². The zero-order chi connectivity index (χ0) is 10.3. The minimum Gasteiger partial charge on any atom is -0.469 e. The number of rotatable bonds is 1.